The normalized spacial score (nSPS) is 14.2. The van der Waals surface area contributed by atoms with Gasteiger partial charge in [0.25, 0.3) is 5.91 Å². The van der Waals surface area contributed by atoms with Gasteiger partial charge in [0.15, 0.2) is 0 Å². The number of nitrogens with zero attached hydrogens (tertiary/aromatic N) is 2. The third kappa shape index (κ3) is 3.02. The molecule has 114 valence electrons. The topological polar surface area (TPSA) is 23.6 Å². The molecule has 0 N–H and O–H groups in total. The number of carbonyl (C=O) groups is 1. The average Bonchev–Trinajstić information content (AvgIpc) is 3.09. The number of rotatable bonds is 3. The number of hydrogen-bond donors (Lipinski definition) is 0. The van der Waals surface area contributed by atoms with Gasteiger partial charge in [-0.2, -0.15) is 0 Å². The van der Waals surface area contributed by atoms with Gasteiger partial charge in [-0.3, -0.25) is 4.79 Å². The minimum absolute atomic E-state index is 0.0126. The zero-order chi connectivity index (χ0) is 15.5. The lowest BCUT2D eigenvalue weighted by molar-refractivity contribution is 0.0992. The van der Waals surface area contributed by atoms with Crippen LogP contribution in [0.3, 0.4) is 0 Å². The van der Waals surface area contributed by atoms with Gasteiger partial charge < -0.3 is 9.80 Å². The third-order valence-corrected chi connectivity index (χ3v) is 4.81. The van der Waals surface area contributed by atoms with Crippen molar-refractivity contribution in [3.8, 4) is 0 Å². The van der Waals surface area contributed by atoms with E-state index in [4.69, 9.17) is 0 Å². The van der Waals surface area contributed by atoms with Crippen LogP contribution in [-0.4, -0.2) is 26.0 Å². The van der Waals surface area contributed by atoms with E-state index in [-0.39, 0.29) is 5.91 Å². The van der Waals surface area contributed by atoms with E-state index in [1.807, 2.05) is 43.4 Å². The molecule has 1 aliphatic rings. The van der Waals surface area contributed by atoms with Crippen molar-refractivity contribution < 1.29 is 4.79 Å². The predicted octanol–water partition coefficient (Wildman–Crippen LogP) is 4.33. The molecule has 1 aliphatic heterocycles. The molecule has 1 saturated heterocycles. The number of carbonyl (C=O) groups excluding carboxylic acids is 1. The van der Waals surface area contributed by atoms with Gasteiger partial charge in [0.05, 0.1) is 5.56 Å². The Labute approximate surface area is 139 Å². The fourth-order valence-corrected chi connectivity index (χ4v) is 3.25. The summed E-state index contributed by atoms with van der Waals surface area (Å²) in [4.78, 5) is 16.7. The Morgan fingerprint density at radius 3 is 2.32 bits per heavy atom. The van der Waals surface area contributed by atoms with Crippen molar-refractivity contribution in [3.05, 3.63) is 58.6 Å². The molecule has 1 heterocycles. The Bertz CT molecular complexity index is 663. The lowest BCUT2D eigenvalue weighted by Gasteiger charge is -2.21. The van der Waals surface area contributed by atoms with Gasteiger partial charge in [0.2, 0.25) is 0 Å². The quantitative estimate of drug-likeness (QED) is 0.815. The molecule has 2 aromatic carbocycles. The van der Waals surface area contributed by atoms with E-state index in [1.54, 1.807) is 4.90 Å². The van der Waals surface area contributed by atoms with Gasteiger partial charge in [-0.25, -0.2) is 0 Å². The first-order chi connectivity index (χ1) is 10.7. The molecule has 3 rings (SSSR count). The van der Waals surface area contributed by atoms with Gasteiger partial charge in [-0.1, -0.05) is 12.1 Å². The highest BCUT2D eigenvalue weighted by Gasteiger charge is 2.17. The summed E-state index contributed by atoms with van der Waals surface area (Å²) >= 11 is 3.44. The average molecular weight is 359 g/mol. The van der Waals surface area contributed by atoms with Crippen LogP contribution in [0.15, 0.2) is 53.0 Å². The Morgan fingerprint density at radius 1 is 1.05 bits per heavy atom. The van der Waals surface area contributed by atoms with E-state index in [0.717, 1.165) is 23.2 Å². The largest absolute Gasteiger partial charge is 0.372 e. The Kier molecular flexibility index (Phi) is 4.48. The molecule has 0 bridgehead atoms. The monoisotopic (exact) mass is 358 g/mol. The minimum Gasteiger partial charge on any atom is -0.372 e. The van der Waals surface area contributed by atoms with Gasteiger partial charge >= 0.3 is 0 Å². The molecule has 3 nitrogen and oxygen atoms in total. The Balaban J connectivity index is 1.78. The van der Waals surface area contributed by atoms with E-state index >= 15 is 0 Å². The number of halogens is 1. The van der Waals surface area contributed by atoms with Crippen LogP contribution in [0.5, 0.6) is 0 Å². The maximum absolute atomic E-state index is 12.6. The van der Waals surface area contributed by atoms with E-state index in [2.05, 4.69) is 33.0 Å². The maximum atomic E-state index is 12.6. The molecular weight excluding hydrogens is 340 g/mol. The summed E-state index contributed by atoms with van der Waals surface area (Å²) < 4.78 is 0.820. The number of anilines is 2. The van der Waals surface area contributed by atoms with Crippen molar-refractivity contribution in [1.82, 2.24) is 0 Å². The molecule has 0 spiro atoms. The maximum Gasteiger partial charge on any atom is 0.259 e. The molecule has 0 aromatic heterocycles. The fourth-order valence-electron chi connectivity index (χ4n) is 2.79. The molecule has 1 amide bonds. The van der Waals surface area contributed by atoms with Gasteiger partial charge in [-0.05, 0) is 65.2 Å². The Hall–Kier alpha value is -1.81. The van der Waals surface area contributed by atoms with Crippen molar-refractivity contribution in [2.75, 3.05) is 29.9 Å². The first kappa shape index (κ1) is 15.1. The summed E-state index contributed by atoms with van der Waals surface area (Å²) in [6, 6.07) is 15.7. The summed E-state index contributed by atoms with van der Waals surface area (Å²) in [5.41, 5.74) is 2.82. The summed E-state index contributed by atoms with van der Waals surface area (Å²) in [5, 5.41) is 0. The van der Waals surface area contributed by atoms with Crippen LogP contribution in [-0.2, 0) is 0 Å². The molecule has 0 unspecified atom stereocenters. The lowest BCUT2D eigenvalue weighted by atomic mass is 10.2. The zero-order valence-electron chi connectivity index (χ0n) is 12.6. The van der Waals surface area contributed by atoms with E-state index in [1.165, 1.54) is 18.5 Å². The second kappa shape index (κ2) is 6.53. The van der Waals surface area contributed by atoms with Crippen molar-refractivity contribution in [1.29, 1.82) is 0 Å². The van der Waals surface area contributed by atoms with E-state index in [9.17, 15) is 4.79 Å². The highest BCUT2D eigenvalue weighted by Crippen LogP contribution is 2.25. The van der Waals surface area contributed by atoms with Crippen LogP contribution in [0.25, 0.3) is 0 Å². The van der Waals surface area contributed by atoms with Crippen molar-refractivity contribution in [3.63, 3.8) is 0 Å². The van der Waals surface area contributed by atoms with Gasteiger partial charge in [0, 0.05) is 36.0 Å². The number of hydrogen-bond acceptors (Lipinski definition) is 2. The van der Waals surface area contributed by atoms with Gasteiger partial charge in [0.1, 0.15) is 0 Å². The van der Waals surface area contributed by atoms with Crippen LogP contribution in [0.2, 0.25) is 0 Å². The smallest absolute Gasteiger partial charge is 0.259 e. The fraction of sp³-hybridized carbons (Fsp3) is 0.278. The van der Waals surface area contributed by atoms with Crippen LogP contribution in [0.4, 0.5) is 11.4 Å². The minimum atomic E-state index is -0.0126. The number of benzene rings is 2. The summed E-state index contributed by atoms with van der Waals surface area (Å²) in [6.45, 7) is 2.26. The van der Waals surface area contributed by atoms with Crippen molar-refractivity contribution in [2.45, 2.75) is 12.8 Å². The molecule has 2 aromatic rings. The first-order valence-electron chi connectivity index (χ1n) is 7.54. The molecule has 4 heteroatoms. The molecule has 0 atom stereocenters. The predicted molar refractivity (Wildman–Crippen MR) is 94.8 cm³/mol. The van der Waals surface area contributed by atoms with Gasteiger partial charge in [-0.15, -0.1) is 0 Å². The molecular formula is C18H19BrN2O. The second-order valence-corrected chi connectivity index (χ2v) is 6.41. The zero-order valence-corrected chi connectivity index (χ0v) is 14.2. The Morgan fingerprint density at radius 2 is 1.68 bits per heavy atom. The second-order valence-electron chi connectivity index (χ2n) is 5.55. The lowest BCUT2D eigenvalue weighted by Crippen LogP contribution is -2.26. The van der Waals surface area contributed by atoms with Crippen molar-refractivity contribution >= 4 is 33.2 Å². The van der Waals surface area contributed by atoms with Crippen LogP contribution in [0, 0.1) is 0 Å². The summed E-state index contributed by atoms with van der Waals surface area (Å²) in [7, 11) is 1.81. The molecule has 1 fully saturated rings. The molecule has 0 aliphatic carbocycles. The molecule has 0 saturated carbocycles. The van der Waals surface area contributed by atoms with Crippen LogP contribution in [0.1, 0.15) is 23.2 Å². The molecule has 22 heavy (non-hydrogen) atoms. The summed E-state index contributed by atoms with van der Waals surface area (Å²) in [6.07, 6.45) is 2.53. The standard InChI is InChI=1S/C18H19BrN2O/c1-20(18(22)16-6-2-3-7-17(16)19)14-8-10-15(11-9-14)21-12-4-5-13-21/h2-3,6-11H,4-5,12-13H2,1H3. The first-order valence-corrected chi connectivity index (χ1v) is 8.34. The molecule has 0 radical (unpaired) electrons. The SMILES string of the molecule is CN(C(=O)c1ccccc1Br)c1ccc(N2CCCC2)cc1. The number of amides is 1. The van der Waals surface area contributed by atoms with Crippen molar-refractivity contribution in [2.24, 2.45) is 0 Å². The summed E-state index contributed by atoms with van der Waals surface area (Å²) in [5.74, 6) is -0.0126. The third-order valence-electron chi connectivity index (χ3n) is 4.12. The van der Waals surface area contributed by atoms with E-state index < -0.39 is 0 Å². The van der Waals surface area contributed by atoms with E-state index in [0.29, 0.717) is 5.56 Å². The van der Waals surface area contributed by atoms with Crippen LogP contribution < -0.4 is 9.80 Å². The van der Waals surface area contributed by atoms with Crippen LogP contribution >= 0.6 is 15.9 Å². The highest BCUT2D eigenvalue weighted by molar-refractivity contribution is 9.10. The highest BCUT2D eigenvalue weighted by atomic mass is 79.9.